The Balaban J connectivity index is 2.27. The van der Waals surface area contributed by atoms with E-state index in [1.165, 1.54) is 20.3 Å². The Labute approximate surface area is 147 Å². The molecule has 2 aromatic rings. The van der Waals surface area contributed by atoms with E-state index in [2.05, 4.69) is 10.0 Å². The zero-order valence-electron chi connectivity index (χ0n) is 14.4. The summed E-state index contributed by atoms with van der Waals surface area (Å²) in [6.07, 6.45) is 1.05. The number of carbonyl (C=O) groups is 1. The number of nitrogens with one attached hydrogen (secondary N) is 2. The van der Waals surface area contributed by atoms with Gasteiger partial charge in [0.25, 0.3) is 5.91 Å². The van der Waals surface area contributed by atoms with Crippen molar-refractivity contribution in [2.45, 2.75) is 6.92 Å². The second-order valence-corrected chi connectivity index (χ2v) is 7.18. The molecule has 0 aromatic heterocycles. The van der Waals surface area contributed by atoms with Gasteiger partial charge in [-0.05, 0) is 36.8 Å². The quantitative estimate of drug-likeness (QED) is 0.822. The average molecular weight is 364 g/mol. The van der Waals surface area contributed by atoms with Crippen molar-refractivity contribution in [3.05, 3.63) is 47.5 Å². The molecule has 8 heteroatoms. The molecule has 2 N–H and O–H groups in total. The van der Waals surface area contributed by atoms with E-state index in [1.54, 1.807) is 30.3 Å². The van der Waals surface area contributed by atoms with Crippen LogP contribution in [0.5, 0.6) is 11.5 Å². The van der Waals surface area contributed by atoms with Crippen LogP contribution in [0.3, 0.4) is 0 Å². The fourth-order valence-corrected chi connectivity index (χ4v) is 2.80. The molecule has 7 nitrogen and oxygen atoms in total. The third-order valence-electron chi connectivity index (χ3n) is 3.41. The molecule has 0 heterocycles. The molecule has 0 saturated carbocycles. The smallest absolute Gasteiger partial charge is 0.255 e. The average Bonchev–Trinajstić information content (AvgIpc) is 2.54. The number of benzene rings is 2. The number of aryl methyl sites for hydroxylation is 1. The molecule has 0 atom stereocenters. The van der Waals surface area contributed by atoms with E-state index < -0.39 is 10.0 Å². The van der Waals surface area contributed by atoms with E-state index >= 15 is 0 Å². The van der Waals surface area contributed by atoms with Crippen molar-refractivity contribution in [3.8, 4) is 11.5 Å². The highest BCUT2D eigenvalue weighted by atomic mass is 32.2. The lowest BCUT2D eigenvalue weighted by Gasteiger charge is -2.14. The fraction of sp³-hybridized carbons (Fsp3) is 0.235. The Bertz CT molecular complexity index is 894. The van der Waals surface area contributed by atoms with Crippen molar-refractivity contribution < 1.29 is 22.7 Å². The van der Waals surface area contributed by atoms with Gasteiger partial charge in [-0.15, -0.1) is 0 Å². The summed E-state index contributed by atoms with van der Waals surface area (Å²) < 4.78 is 35.4. The number of methoxy groups -OCH3 is 2. The van der Waals surface area contributed by atoms with Crippen LogP contribution in [0.4, 0.5) is 11.4 Å². The Hall–Kier alpha value is -2.74. The van der Waals surface area contributed by atoms with Gasteiger partial charge in [0.1, 0.15) is 0 Å². The zero-order chi connectivity index (χ0) is 18.6. The van der Waals surface area contributed by atoms with Gasteiger partial charge in [-0.25, -0.2) is 8.42 Å². The van der Waals surface area contributed by atoms with Crippen molar-refractivity contribution in [3.63, 3.8) is 0 Å². The van der Waals surface area contributed by atoms with Crippen molar-refractivity contribution in [1.82, 2.24) is 0 Å². The lowest BCUT2D eigenvalue weighted by atomic mass is 10.1. The Morgan fingerprint density at radius 1 is 1.04 bits per heavy atom. The molecule has 0 unspecified atom stereocenters. The van der Waals surface area contributed by atoms with Crippen LogP contribution in [0, 0.1) is 6.92 Å². The van der Waals surface area contributed by atoms with Crippen LogP contribution in [0.2, 0.25) is 0 Å². The van der Waals surface area contributed by atoms with Gasteiger partial charge in [-0.2, -0.15) is 0 Å². The monoisotopic (exact) mass is 364 g/mol. The molecule has 0 radical (unpaired) electrons. The minimum absolute atomic E-state index is 0.319. The second-order valence-electron chi connectivity index (χ2n) is 5.43. The molecule has 0 spiro atoms. The van der Waals surface area contributed by atoms with E-state index in [4.69, 9.17) is 9.47 Å². The van der Waals surface area contributed by atoms with Crippen LogP contribution >= 0.6 is 0 Å². The predicted molar refractivity (Wildman–Crippen MR) is 97.1 cm³/mol. The first kappa shape index (κ1) is 18.6. The van der Waals surface area contributed by atoms with Crippen LogP contribution in [0.25, 0.3) is 0 Å². The third-order valence-corrected chi connectivity index (χ3v) is 4.01. The van der Waals surface area contributed by atoms with Gasteiger partial charge in [-0.1, -0.05) is 6.07 Å². The molecule has 0 aliphatic heterocycles. The molecular weight excluding hydrogens is 344 g/mol. The van der Waals surface area contributed by atoms with Gasteiger partial charge in [-0.3, -0.25) is 9.52 Å². The summed E-state index contributed by atoms with van der Waals surface area (Å²) in [5.74, 6) is 0.695. The minimum Gasteiger partial charge on any atom is -0.493 e. The number of hydrogen-bond acceptors (Lipinski definition) is 5. The maximum Gasteiger partial charge on any atom is 0.255 e. The van der Waals surface area contributed by atoms with Crippen LogP contribution in [-0.2, 0) is 10.0 Å². The Morgan fingerprint density at radius 3 is 2.28 bits per heavy atom. The molecule has 0 saturated heterocycles. The molecule has 0 fully saturated rings. The highest BCUT2D eigenvalue weighted by Crippen LogP contribution is 2.33. The van der Waals surface area contributed by atoms with Crippen LogP contribution in [0.1, 0.15) is 15.9 Å². The van der Waals surface area contributed by atoms with E-state index in [9.17, 15) is 13.2 Å². The summed E-state index contributed by atoms with van der Waals surface area (Å²) in [5.41, 5.74) is 2.02. The largest absolute Gasteiger partial charge is 0.493 e. The molecule has 2 rings (SSSR count). The van der Waals surface area contributed by atoms with E-state index in [-0.39, 0.29) is 5.91 Å². The topological polar surface area (TPSA) is 93.7 Å². The molecular formula is C17H20N2O5S. The van der Waals surface area contributed by atoms with Crippen molar-refractivity contribution in [2.75, 3.05) is 30.5 Å². The highest BCUT2D eigenvalue weighted by molar-refractivity contribution is 7.92. The van der Waals surface area contributed by atoms with E-state index in [0.29, 0.717) is 28.4 Å². The lowest BCUT2D eigenvalue weighted by Crippen LogP contribution is -2.14. The number of sulfonamides is 1. The second kappa shape index (κ2) is 7.43. The molecule has 1 amide bonds. The molecule has 134 valence electrons. The molecule has 0 aliphatic carbocycles. The van der Waals surface area contributed by atoms with Crippen LogP contribution in [0.15, 0.2) is 36.4 Å². The van der Waals surface area contributed by atoms with Crippen molar-refractivity contribution in [2.24, 2.45) is 0 Å². The van der Waals surface area contributed by atoms with Crippen molar-refractivity contribution >= 4 is 27.3 Å². The number of anilines is 2. The predicted octanol–water partition coefficient (Wildman–Crippen LogP) is 2.64. The summed E-state index contributed by atoms with van der Waals surface area (Å²) >= 11 is 0. The van der Waals surface area contributed by atoms with E-state index in [1.807, 2.05) is 6.92 Å². The Morgan fingerprint density at radius 2 is 1.68 bits per heavy atom. The maximum absolute atomic E-state index is 12.5. The summed E-state index contributed by atoms with van der Waals surface area (Å²) in [4.78, 5) is 12.5. The number of amides is 1. The fourth-order valence-electron chi connectivity index (χ4n) is 2.25. The van der Waals surface area contributed by atoms with Gasteiger partial charge in [0, 0.05) is 23.0 Å². The van der Waals surface area contributed by atoms with E-state index in [0.717, 1.165) is 11.8 Å². The summed E-state index contributed by atoms with van der Waals surface area (Å²) in [5, 5.41) is 2.79. The van der Waals surface area contributed by atoms with Gasteiger partial charge in [0.15, 0.2) is 11.5 Å². The lowest BCUT2D eigenvalue weighted by molar-refractivity contribution is 0.102. The Kier molecular flexibility index (Phi) is 5.53. The first-order chi connectivity index (χ1) is 11.7. The molecule has 0 bridgehead atoms. The van der Waals surface area contributed by atoms with Crippen LogP contribution in [-0.4, -0.2) is 34.8 Å². The normalized spacial score (nSPS) is 10.9. The van der Waals surface area contributed by atoms with Gasteiger partial charge in [0.2, 0.25) is 10.0 Å². The first-order valence-electron chi connectivity index (χ1n) is 7.35. The molecule has 0 aliphatic rings. The molecule has 25 heavy (non-hydrogen) atoms. The van der Waals surface area contributed by atoms with Gasteiger partial charge < -0.3 is 14.8 Å². The summed E-state index contributed by atoms with van der Waals surface area (Å²) in [6.45, 7) is 1.83. The standard InChI is InChI=1S/C17H20N2O5S/c1-11-8-15(23-2)16(24-3)10-14(11)18-17(20)12-6-5-7-13(9-12)19-25(4,21)22/h5-10,19H,1-4H3,(H,18,20). The number of carbonyl (C=O) groups excluding carboxylic acids is 1. The van der Waals surface area contributed by atoms with Crippen LogP contribution < -0.4 is 19.5 Å². The third kappa shape index (κ3) is 4.87. The number of ether oxygens (including phenoxy) is 2. The zero-order valence-corrected chi connectivity index (χ0v) is 15.2. The highest BCUT2D eigenvalue weighted by Gasteiger charge is 2.13. The van der Waals surface area contributed by atoms with Crippen molar-refractivity contribution in [1.29, 1.82) is 0 Å². The number of rotatable bonds is 6. The summed E-state index contributed by atoms with van der Waals surface area (Å²) in [7, 11) is -0.364. The number of hydrogen-bond donors (Lipinski definition) is 2. The minimum atomic E-state index is -3.41. The first-order valence-corrected chi connectivity index (χ1v) is 9.24. The SMILES string of the molecule is COc1cc(C)c(NC(=O)c2cccc(NS(C)(=O)=O)c2)cc1OC. The summed E-state index contributed by atoms with van der Waals surface area (Å²) in [6, 6.07) is 9.66. The maximum atomic E-state index is 12.5. The van der Waals surface area contributed by atoms with Gasteiger partial charge in [0.05, 0.1) is 20.5 Å². The van der Waals surface area contributed by atoms with Gasteiger partial charge >= 0.3 is 0 Å². The molecule has 2 aromatic carbocycles.